The van der Waals surface area contributed by atoms with Crippen LogP contribution >= 0.6 is 0 Å². The van der Waals surface area contributed by atoms with Gasteiger partial charge in [-0.2, -0.15) is 17.0 Å². The molecule has 4 atom stereocenters. The smallest absolute Gasteiger partial charge is 0.282 e. The highest BCUT2D eigenvalue weighted by Crippen LogP contribution is 2.37. The van der Waals surface area contributed by atoms with Crippen LogP contribution in [0.15, 0.2) is 0 Å². The van der Waals surface area contributed by atoms with Crippen molar-refractivity contribution in [3.05, 3.63) is 0 Å². The van der Waals surface area contributed by atoms with Crippen LogP contribution in [0.1, 0.15) is 39.0 Å². The molecule has 0 aromatic rings. The van der Waals surface area contributed by atoms with Gasteiger partial charge in [0.1, 0.15) is 0 Å². The molecule has 0 aromatic carbocycles. The molecule has 2 N–H and O–H groups in total. The van der Waals surface area contributed by atoms with Crippen LogP contribution in [0.5, 0.6) is 0 Å². The average molecular weight is 301 g/mol. The molecule has 1 saturated carbocycles. The van der Waals surface area contributed by atoms with E-state index in [1.165, 1.54) is 0 Å². The fourth-order valence-corrected chi connectivity index (χ4v) is 6.02. The minimum atomic E-state index is -3.24. The van der Waals surface area contributed by atoms with E-state index in [0.717, 1.165) is 32.1 Å². The second kappa shape index (κ2) is 5.55. The number of fused-ring (bicyclic) bond motifs is 1. The minimum Gasteiger partial charge on any atom is -0.328 e. The van der Waals surface area contributed by atoms with E-state index in [9.17, 15) is 8.42 Å². The molecule has 1 aliphatic carbocycles. The van der Waals surface area contributed by atoms with Crippen molar-refractivity contribution in [3.63, 3.8) is 0 Å². The highest BCUT2D eigenvalue weighted by atomic mass is 32.2. The number of hydrogen-bond acceptors (Lipinski definition) is 3. The van der Waals surface area contributed by atoms with Crippen molar-refractivity contribution in [3.8, 4) is 0 Å². The SMILES string of the molecule is CC1CCCN(S(=O)(=O)N2C[C@H]3CCC(N)C[C@H]3C2)C1. The van der Waals surface area contributed by atoms with Gasteiger partial charge in [-0.15, -0.1) is 0 Å². The Kier molecular flexibility index (Phi) is 4.10. The highest BCUT2D eigenvalue weighted by molar-refractivity contribution is 7.86. The van der Waals surface area contributed by atoms with Crippen molar-refractivity contribution in [2.75, 3.05) is 26.2 Å². The van der Waals surface area contributed by atoms with E-state index in [4.69, 9.17) is 5.73 Å². The Bertz CT molecular complexity index is 453. The van der Waals surface area contributed by atoms with Crippen LogP contribution in [0.25, 0.3) is 0 Å². The van der Waals surface area contributed by atoms with Gasteiger partial charge in [0.05, 0.1) is 0 Å². The Labute approximate surface area is 122 Å². The summed E-state index contributed by atoms with van der Waals surface area (Å²) in [7, 11) is -3.24. The molecule has 0 radical (unpaired) electrons. The van der Waals surface area contributed by atoms with Crippen LogP contribution in [0.2, 0.25) is 0 Å². The molecule has 6 heteroatoms. The third-order valence-electron chi connectivity index (χ3n) is 5.33. The lowest BCUT2D eigenvalue weighted by molar-refractivity contribution is 0.262. The molecular formula is C14H27N3O2S. The first-order valence-electron chi connectivity index (χ1n) is 7.97. The molecule has 3 fully saturated rings. The third-order valence-corrected chi connectivity index (χ3v) is 7.26. The minimum absolute atomic E-state index is 0.272. The maximum absolute atomic E-state index is 12.8. The third kappa shape index (κ3) is 2.75. The Balaban J connectivity index is 1.69. The van der Waals surface area contributed by atoms with E-state index >= 15 is 0 Å². The predicted molar refractivity (Wildman–Crippen MR) is 79.3 cm³/mol. The topological polar surface area (TPSA) is 66.6 Å². The van der Waals surface area contributed by atoms with E-state index in [1.807, 2.05) is 0 Å². The summed E-state index contributed by atoms with van der Waals surface area (Å²) in [5.74, 6) is 1.50. The second-order valence-corrected chi connectivity index (χ2v) is 8.95. The van der Waals surface area contributed by atoms with Crippen LogP contribution in [0, 0.1) is 17.8 Å². The fourth-order valence-electron chi connectivity index (χ4n) is 4.13. The molecule has 2 heterocycles. The van der Waals surface area contributed by atoms with Crippen LogP contribution in [0.4, 0.5) is 0 Å². The van der Waals surface area contributed by atoms with Gasteiger partial charge in [0.2, 0.25) is 0 Å². The lowest BCUT2D eigenvalue weighted by atomic mass is 9.79. The molecule has 3 aliphatic rings. The second-order valence-electron chi connectivity index (χ2n) is 7.02. The predicted octanol–water partition coefficient (Wildman–Crippen LogP) is 1.02. The van der Waals surface area contributed by atoms with Gasteiger partial charge in [0.15, 0.2) is 0 Å². The first-order valence-corrected chi connectivity index (χ1v) is 9.37. The highest BCUT2D eigenvalue weighted by Gasteiger charge is 2.43. The molecule has 0 bridgehead atoms. The maximum Gasteiger partial charge on any atom is 0.282 e. The van der Waals surface area contributed by atoms with Crippen molar-refractivity contribution in [1.29, 1.82) is 0 Å². The molecular weight excluding hydrogens is 274 g/mol. The molecule has 2 unspecified atom stereocenters. The molecule has 2 aliphatic heterocycles. The summed E-state index contributed by atoms with van der Waals surface area (Å²) in [6.45, 7) is 4.92. The zero-order chi connectivity index (χ0) is 14.3. The molecule has 0 aromatic heterocycles. The zero-order valence-corrected chi connectivity index (χ0v) is 13.2. The van der Waals surface area contributed by atoms with Gasteiger partial charge >= 0.3 is 0 Å². The molecule has 2 saturated heterocycles. The van der Waals surface area contributed by atoms with Crippen LogP contribution in [-0.4, -0.2) is 49.2 Å². The lowest BCUT2D eigenvalue weighted by Gasteiger charge is -2.33. The van der Waals surface area contributed by atoms with Gasteiger partial charge in [0.25, 0.3) is 10.2 Å². The van der Waals surface area contributed by atoms with Gasteiger partial charge in [-0.05, 0) is 49.9 Å². The van der Waals surface area contributed by atoms with Crippen LogP contribution in [0.3, 0.4) is 0 Å². The average Bonchev–Trinajstić information content (AvgIpc) is 2.82. The van der Waals surface area contributed by atoms with Crippen molar-refractivity contribution < 1.29 is 8.42 Å². The zero-order valence-electron chi connectivity index (χ0n) is 12.4. The van der Waals surface area contributed by atoms with E-state index in [1.54, 1.807) is 8.61 Å². The van der Waals surface area contributed by atoms with E-state index in [2.05, 4.69) is 6.92 Å². The molecule has 5 nitrogen and oxygen atoms in total. The normalized spacial score (nSPS) is 40.7. The first kappa shape index (κ1) is 14.8. The Morgan fingerprint density at radius 2 is 1.75 bits per heavy atom. The molecule has 3 rings (SSSR count). The summed E-state index contributed by atoms with van der Waals surface area (Å²) in [5.41, 5.74) is 6.03. The summed E-state index contributed by atoms with van der Waals surface area (Å²) in [6.07, 6.45) is 5.27. The van der Waals surface area contributed by atoms with Crippen LogP contribution < -0.4 is 5.73 Å². The number of nitrogens with two attached hydrogens (primary N) is 1. The summed E-state index contributed by atoms with van der Waals surface area (Å²) in [4.78, 5) is 0. The Morgan fingerprint density at radius 1 is 1.00 bits per heavy atom. The fraction of sp³-hybridized carbons (Fsp3) is 1.00. The standard InChI is InChI=1S/C14H27N3O2S/c1-11-3-2-6-16(8-11)20(18,19)17-9-12-4-5-14(15)7-13(12)10-17/h11-14H,2-10,15H2,1H3/t11?,12-,13+,14?/m1/s1. The Hall–Kier alpha value is -0.170. The largest absolute Gasteiger partial charge is 0.328 e. The number of nitrogens with zero attached hydrogens (tertiary/aromatic N) is 2. The van der Waals surface area contributed by atoms with Gasteiger partial charge < -0.3 is 5.73 Å². The van der Waals surface area contributed by atoms with E-state index in [-0.39, 0.29) is 6.04 Å². The molecule has 0 amide bonds. The van der Waals surface area contributed by atoms with E-state index in [0.29, 0.717) is 43.9 Å². The van der Waals surface area contributed by atoms with Crippen LogP contribution in [-0.2, 0) is 10.2 Å². The summed E-state index contributed by atoms with van der Waals surface area (Å²) >= 11 is 0. The number of hydrogen-bond donors (Lipinski definition) is 1. The number of rotatable bonds is 2. The monoisotopic (exact) mass is 301 g/mol. The van der Waals surface area contributed by atoms with Crippen molar-refractivity contribution in [2.24, 2.45) is 23.5 Å². The summed E-state index contributed by atoms with van der Waals surface area (Å²) < 4.78 is 29.0. The lowest BCUT2D eigenvalue weighted by Crippen LogP contribution is -2.47. The van der Waals surface area contributed by atoms with Crippen molar-refractivity contribution >= 4 is 10.2 Å². The van der Waals surface area contributed by atoms with Crippen molar-refractivity contribution in [1.82, 2.24) is 8.61 Å². The summed E-state index contributed by atoms with van der Waals surface area (Å²) in [6, 6.07) is 0.272. The van der Waals surface area contributed by atoms with Gasteiger partial charge in [-0.1, -0.05) is 6.92 Å². The quantitative estimate of drug-likeness (QED) is 0.828. The van der Waals surface area contributed by atoms with E-state index < -0.39 is 10.2 Å². The molecule has 0 spiro atoms. The van der Waals surface area contributed by atoms with Gasteiger partial charge in [-0.3, -0.25) is 0 Å². The van der Waals surface area contributed by atoms with Crippen molar-refractivity contribution in [2.45, 2.75) is 45.1 Å². The maximum atomic E-state index is 12.8. The Morgan fingerprint density at radius 3 is 2.50 bits per heavy atom. The molecule has 116 valence electrons. The summed E-state index contributed by atoms with van der Waals surface area (Å²) in [5, 5.41) is 0. The molecule has 20 heavy (non-hydrogen) atoms. The van der Waals surface area contributed by atoms with Gasteiger partial charge in [0, 0.05) is 32.2 Å². The van der Waals surface area contributed by atoms with Gasteiger partial charge in [-0.25, -0.2) is 0 Å². The first-order chi connectivity index (χ1) is 9.46. The number of piperidine rings is 1.